The molecule has 0 unspecified atom stereocenters. The Kier molecular flexibility index (Phi) is 4.24. The number of hydrogen-bond acceptors (Lipinski definition) is 6. The third-order valence-corrected chi connectivity index (χ3v) is 4.71. The molecule has 0 amide bonds. The van der Waals surface area contributed by atoms with Crippen molar-refractivity contribution in [2.75, 3.05) is 37.3 Å². The predicted molar refractivity (Wildman–Crippen MR) is 77.1 cm³/mol. The third-order valence-electron chi connectivity index (χ3n) is 3.41. The van der Waals surface area contributed by atoms with E-state index in [2.05, 4.69) is 0 Å². The van der Waals surface area contributed by atoms with Gasteiger partial charge >= 0.3 is 0 Å². The number of piperazine rings is 1. The molecule has 0 aromatic heterocycles. The van der Waals surface area contributed by atoms with Crippen molar-refractivity contribution in [1.29, 1.82) is 0 Å². The molecule has 114 valence electrons. The van der Waals surface area contributed by atoms with Crippen LogP contribution in [0.15, 0.2) is 18.2 Å². The fourth-order valence-corrected chi connectivity index (χ4v) is 3.09. The first-order valence-corrected chi connectivity index (χ1v) is 8.11. The van der Waals surface area contributed by atoms with Gasteiger partial charge in [0, 0.05) is 37.9 Å². The zero-order valence-electron chi connectivity index (χ0n) is 11.4. The highest BCUT2D eigenvalue weighted by Gasteiger charge is 2.24. The van der Waals surface area contributed by atoms with E-state index >= 15 is 0 Å². The molecular formula is C12H15N3O5S. The van der Waals surface area contributed by atoms with Gasteiger partial charge < -0.3 is 4.90 Å². The average molecular weight is 313 g/mol. The lowest BCUT2D eigenvalue weighted by molar-refractivity contribution is -0.385. The van der Waals surface area contributed by atoms with Crippen molar-refractivity contribution in [3.05, 3.63) is 33.9 Å². The fraction of sp³-hybridized carbons (Fsp3) is 0.417. The van der Waals surface area contributed by atoms with Gasteiger partial charge in [-0.3, -0.25) is 14.9 Å². The molecule has 1 fully saturated rings. The third kappa shape index (κ3) is 3.37. The Hall–Kier alpha value is -2.00. The summed E-state index contributed by atoms with van der Waals surface area (Å²) in [4.78, 5) is 23.0. The maximum absolute atomic E-state index is 11.4. The average Bonchev–Trinajstić information content (AvgIpc) is 2.45. The van der Waals surface area contributed by atoms with Gasteiger partial charge in [0.1, 0.15) is 0 Å². The van der Waals surface area contributed by atoms with Crippen molar-refractivity contribution in [2.24, 2.45) is 0 Å². The first-order chi connectivity index (χ1) is 9.82. The summed E-state index contributed by atoms with van der Waals surface area (Å²) in [5, 5.41) is 10.9. The van der Waals surface area contributed by atoms with Crippen molar-refractivity contribution in [3.8, 4) is 0 Å². The van der Waals surface area contributed by atoms with Gasteiger partial charge in [-0.2, -0.15) is 4.31 Å². The normalized spacial score (nSPS) is 16.7. The van der Waals surface area contributed by atoms with E-state index in [-0.39, 0.29) is 11.3 Å². The zero-order chi connectivity index (χ0) is 15.6. The molecule has 1 heterocycles. The monoisotopic (exact) mass is 313 g/mol. The van der Waals surface area contributed by atoms with Crippen LogP contribution in [0.25, 0.3) is 0 Å². The fourth-order valence-electron chi connectivity index (χ4n) is 2.26. The van der Waals surface area contributed by atoms with Gasteiger partial charge in [0.2, 0.25) is 10.0 Å². The van der Waals surface area contributed by atoms with Crippen LogP contribution in [0, 0.1) is 10.1 Å². The Morgan fingerprint density at radius 1 is 1.24 bits per heavy atom. The summed E-state index contributed by atoms with van der Waals surface area (Å²) in [7, 11) is -3.21. The largest absolute Gasteiger partial charge is 0.369 e. The first kappa shape index (κ1) is 15.4. The van der Waals surface area contributed by atoms with E-state index < -0.39 is 14.9 Å². The molecular weight excluding hydrogens is 298 g/mol. The van der Waals surface area contributed by atoms with Crippen LogP contribution in [0.4, 0.5) is 11.4 Å². The molecule has 8 nitrogen and oxygen atoms in total. The van der Waals surface area contributed by atoms with E-state index in [1.54, 1.807) is 6.07 Å². The first-order valence-electron chi connectivity index (χ1n) is 6.26. The topological polar surface area (TPSA) is 101 Å². The summed E-state index contributed by atoms with van der Waals surface area (Å²) in [6.45, 7) is 1.57. The predicted octanol–water partition coefficient (Wildman–Crippen LogP) is 0.489. The molecule has 0 radical (unpaired) electrons. The maximum Gasteiger partial charge on any atom is 0.281 e. The lowest BCUT2D eigenvalue weighted by Gasteiger charge is -2.34. The SMILES string of the molecule is CS(=O)(=O)N1CCN(c2ccc(C=O)c([N+](=O)[O-])c2)CC1. The number of aldehydes is 1. The Balaban J connectivity index is 2.19. The number of sulfonamides is 1. The van der Waals surface area contributed by atoms with Crippen LogP contribution in [0.3, 0.4) is 0 Å². The van der Waals surface area contributed by atoms with Crippen LogP contribution in [-0.2, 0) is 10.0 Å². The number of nitro benzene ring substituents is 1. The molecule has 1 aromatic rings. The van der Waals surface area contributed by atoms with Crippen LogP contribution in [0.5, 0.6) is 0 Å². The van der Waals surface area contributed by atoms with Crippen molar-refractivity contribution < 1.29 is 18.1 Å². The molecule has 1 aromatic carbocycles. The highest BCUT2D eigenvalue weighted by atomic mass is 32.2. The minimum Gasteiger partial charge on any atom is -0.369 e. The zero-order valence-corrected chi connectivity index (χ0v) is 12.2. The molecule has 1 aliphatic rings. The van der Waals surface area contributed by atoms with Gasteiger partial charge in [-0.05, 0) is 12.1 Å². The Morgan fingerprint density at radius 2 is 1.86 bits per heavy atom. The summed E-state index contributed by atoms with van der Waals surface area (Å²) in [5.41, 5.74) is 0.395. The second-order valence-electron chi connectivity index (χ2n) is 4.77. The maximum atomic E-state index is 11.4. The van der Waals surface area contributed by atoms with Gasteiger partial charge in [-0.25, -0.2) is 8.42 Å². The van der Waals surface area contributed by atoms with E-state index in [0.29, 0.717) is 38.2 Å². The molecule has 9 heteroatoms. The van der Waals surface area contributed by atoms with Crippen molar-refractivity contribution in [1.82, 2.24) is 4.31 Å². The van der Waals surface area contributed by atoms with Crippen molar-refractivity contribution in [2.45, 2.75) is 0 Å². The molecule has 0 aliphatic carbocycles. The molecule has 1 saturated heterocycles. The number of carbonyl (C=O) groups excluding carboxylic acids is 1. The van der Waals surface area contributed by atoms with Crippen LogP contribution in [-0.4, -0.2) is 56.4 Å². The van der Waals surface area contributed by atoms with Gasteiger partial charge in [0.25, 0.3) is 5.69 Å². The quantitative estimate of drug-likeness (QED) is 0.455. The van der Waals surface area contributed by atoms with Crippen LogP contribution in [0.1, 0.15) is 10.4 Å². The summed E-state index contributed by atoms with van der Waals surface area (Å²) < 4.78 is 24.2. The number of rotatable bonds is 4. The Labute approximate surface area is 122 Å². The minimum absolute atomic E-state index is 0.0264. The van der Waals surface area contributed by atoms with Crippen LogP contribution >= 0.6 is 0 Å². The van der Waals surface area contributed by atoms with Gasteiger partial charge in [0.05, 0.1) is 16.7 Å². The van der Waals surface area contributed by atoms with E-state index in [9.17, 15) is 23.3 Å². The van der Waals surface area contributed by atoms with Gasteiger partial charge in [-0.15, -0.1) is 0 Å². The summed E-state index contributed by atoms with van der Waals surface area (Å²) in [6, 6.07) is 4.39. The van der Waals surface area contributed by atoms with Gasteiger partial charge in [-0.1, -0.05) is 0 Å². The highest BCUT2D eigenvalue weighted by molar-refractivity contribution is 7.88. The molecule has 21 heavy (non-hydrogen) atoms. The summed E-state index contributed by atoms with van der Waals surface area (Å²) >= 11 is 0. The molecule has 0 saturated carbocycles. The number of benzene rings is 1. The highest BCUT2D eigenvalue weighted by Crippen LogP contribution is 2.25. The summed E-state index contributed by atoms with van der Waals surface area (Å²) in [6.07, 6.45) is 1.61. The van der Waals surface area contributed by atoms with Crippen molar-refractivity contribution in [3.63, 3.8) is 0 Å². The van der Waals surface area contributed by atoms with E-state index in [1.807, 2.05) is 4.90 Å². The number of nitrogens with zero attached hydrogens (tertiary/aromatic N) is 3. The lowest BCUT2D eigenvalue weighted by Crippen LogP contribution is -2.48. The minimum atomic E-state index is -3.21. The molecule has 0 spiro atoms. The Bertz CT molecular complexity index is 665. The van der Waals surface area contributed by atoms with E-state index in [0.717, 1.165) is 6.26 Å². The molecule has 0 atom stereocenters. The molecule has 1 aliphatic heterocycles. The van der Waals surface area contributed by atoms with Crippen molar-refractivity contribution >= 4 is 27.7 Å². The van der Waals surface area contributed by atoms with E-state index in [4.69, 9.17) is 0 Å². The van der Waals surface area contributed by atoms with Crippen LogP contribution < -0.4 is 4.90 Å². The molecule has 0 bridgehead atoms. The van der Waals surface area contributed by atoms with Crippen LogP contribution in [0.2, 0.25) is 0 Å². The number of anilines is 1. The lowest BCUT2D eigenvalue weighted by atomic mass is 10.1. The second kappa shape index (κ2) is 5.78. The Morgan fingerprint density at radius 3 is 2.33 bits per heavy atom. The second-order valence-corrected chi connectivity index (χ2v) is 6.75. The smallest absolute Gasteiger partial charge is 0.281 e. The van der Waals surface area contributed by atoms with Gasteiger partial charge in [0.15, 0.2) is 6.29 Å². The molecule has 0 N–H and O–H groups in total. The number of carbonyl (C=O) groups is 1. The number of nitro groups is 1. The number of hydrogen-bond donors (Lipinski definition) is 0. The summed E-state index contributed by atoms with van der Waals surface area (Å²) in [5.74, 6) is 0. The van der Waals surface area contributed by atoms with E-state index in [1.165, 1.54) is 16.4 Å². The standard InChI is InChI=1S/C12H15N3O5S/c1-21(19,20)14-6-4-13(5-7-14)11-3-2-10(9-16)12(8-11)15(17)18/h2-3,8-9H,4-7H2,1H3. The molecule has 2 rings (SSSR count).